The van der Waals surface area contributed by atoms with Crippen LogP contribution in [0.5, 0.6) is 5.75 Å². The molecule has 1 amide bonds. The Morgan fingerprint density at radius 1 is 1.10 bits per heavy atom. The molecule has 29 heavy (non-hydrogen) atoms. The molecule has 3 aromatic rings. The SMILES string of the molecule is COc1ccc(-n2cccc2/C=C2\SC(=Nc3ccc(C)cc3C)NC2=O)cc1. The molecule has 6 heteroatoms. The smallest absolute Gasteiger partial charge is 0.264 e. The van der Waals surface area contributed by atoms with Crippen molar-refractivity contribution in [3.05, 3.63) is 82.5 Å². The van der Waals surface area contributed by atoms with Crippen LogP contribution in [0.1, 0.15) is 16.8 Å². The summed E-state index contributed by atoms with van der Waals surface area (Å²) in [5.41, 5.74) is 5.05. The standard InChI is InChI=1S/C23H21N3O2S/c1-15-6-11-20(16(2)13-15)24-23-25-22(27)21(29-23)14-18-5-4-12-26(18)17-7-9-19(28-3)10-8-17/h4-14H,1-3H3,(H,24,25,27)/b21-14-. The fourth-order valence-corrected chi connectivity index (χ4v) is 3.96. The van der Waals surface area contributed by atoms with Gasteiger partial charge in [-0.1, -0.05) is 17.7 Å². The molecule has 0 saturated carbocycles. The van der Waals surface area contributed by atoms with Crippen molar-refractivity contribution in [1.82, 2.24) is 9.88 Å². The zero-order valence-corrected chi connectivity index (χ0v) is 17.3. The van der Waals surface area contributed by atoms with Crippen LogP contribution in [0.25, 0.3) is 11.8 Å². The van der Waals surface area contributed by atoms with Gasteiger partial charge in [0, 0.05) is 17.6 Å². The molecule has 0 atom stereocenters. The summed E-state index contributed by atoms with van der Waals surface area (Å²) in [6.07, 6.45) is 3.85. The summed E-state index contributed by atoms with van der Waals surface area (Å²) in [6.45, 7) is 4.07. The second-order valence-electron chi connectivity index (χ2n) is 6.77. The third kappa shape index (κ3) is 4.12. The van der Waals surface area contributed by atoms with Crippen molar-refractivity contribution >= 4 is 34.6 Å². The van der Waals surface area contributed by atoms with Gasteiger partial charge in [-0.05, 0) is 79.7 Å². The van der Waals surface area contributed by atoms with E-state index in [1.807, 2.05) is 72.3 Å². The molecule has 2 aromatic carbocycles. The van der Waals surface area contributed by atoms with Gasteiger partial charge in [0.15, 0.2) is 5.17 Å². The molecule has 1 fully saturated rings. The number of aromatic nitrogens is 1. The molecule has 0 bridgehead atoms. The Kier molecular flexibility index (Phi) is 5.27. The molecule has 4 rings (SSSR count). The van der Waals surface area contributed by atoms with Crippen molar-refractivity contribution in [2.24, 2.45) is 4.99 Å². The van der Waals surface area contributed by atoms with Gasteiger partial charge in [0.25, 0.3) is 5.91 Å². The van der Waals surface area contributed by atoms with E-state index in [1.54, 1.807) is 7.11 Å². The molecule has 0 unspecified atom stereocenters. The maximum Gasteiger partial charge on any atom is 0.264 e. The number of nitrogens with one attached hydrogen (secondary N) is 1. The van der Waals surface area contributed by atoms with Gasteiger partial charge in [-0.3, -0.25) is 4.79 Å². The lowest BCUT2D eigenvalue weighted by atomic mass is 10.1. The number of hydrogen-bond acceptors (Lipinski definition) is 4. The Labute approximate surface area is 174 Å². The lowest BCUT2D eigenvalue weighted by Gasteiger charge is -2.08. The average Bonchev–Trinajstić information content (AvgIpc) is 3.31. The van der Waals surface area contributed by atoms with Crippen molar-refractivity contribution < 1.29 is 9.53 Å². The molecule has 2 heterocycles. The van der Waals surface area contributed by atoms with E-state index in [9.17, 15) is 4.79 Å². The number of carbonyl (C=O) groups is 1. The Balaban J connectivity index is 1.60. The molecule has 5 nitrogen and oxygen atoms in total. The van der Waals surface area contributed by atoms with E-state index in [1.165, 1.54) is 17.3 Å². The van der Waals surface area contributed by atoms with Gasteiger partial charge in [-0.15, -0.1) is 0 Å². The highest BCUT2D eigenvalue weighted by Gasteiger charge is 2.24. The number of carbonyl (C=O) groups excluding carboxylic acids is 1. The van der Waals surface area contributed by atoms with E-state index in [2.05, 4.69) is 23.3 Å². The summed E-state index contributed by atoms with van der Waals surface area (Å²) in [7, 11) is 1.65. The van der Waals surface area contributed by atoms with Crippen molar-refractivity contribution in [2.75, 3.05) is 7.11 Å². The van der Waals surface area contributed by atoms with Gasteiger partial charge in [0.2, 0.25) is 0 Å². The number of amidine groups is 1. The number of nitrogens with zero attached hydrogens (tertiary/aromatic N) is 2. The number of amides is 1. The van der Waals surface area contributed by atoms with Crippen LogP contribution < -0.4 is 10.1 Å². The first-order valence-electron chi connectivity index (χ1n) is 9.22. The minimum Gasteiger partial charge on any atom is -0.497 e. The van der Waals surface area contributed by atoms with E-state index < -0.39 is 0 Å². The molecule has 1 saturated heterocycles. The van der Waals surface area contributed by atoms with E-state index in [-0.39, 0.29) is 5.91 Å². The topological polar surface area (TPSA) is 55.6 Å². The van der Waals surface area contributed by atoms with Crippen molar-refractivity contribution in [2.45, 2.75) is 13.8 Å². The molecule has 1 aliphatic rings. The van der Waals surface area contributed by atoms with Crippen LogP contribution in [0.4, 0.5) is 5.69 Å². The number of benzene rings is 2. The lowest BCUT2D eigenvalue weighted by Crippen LogP contribution is -2.19. The predicted molar refractivity (Wildman–Crippen MR) is 119 cm³/mol. The van der Waals surface area contributed by atoms with Crippen LogP contribution in [0, 0.1) is 13.8 Å². The van der Waals surface area contributed by atoms with Crippen LogP contribution in [0.2, 0.25) is 0 Å². The summed E-state index contributed by atoms with van der Waals surface area (Å²) in [6, 6.07) is 17.8. The van der Waals surface area contributed by atoms with E-state index in [0.29, 0.717) is 10.1 Å². The number of ether oxygens (including phenoxy) is 1. The Bertz CT molecular complexity index is 1130. The fourth-order valence-electron chi connectivity index (χ4n) is 3.14. The zero-order valence-electron chi connectivity index (χ0n) is 16.5. The normalized spacial score (nSPS) is 16.4. The number of aliphatic imine (C=N–C) groups is 1. The first kappa shape index (κ1) is 19.1. The number of aryl methyl sites for hydroxylation is 2. The lowest BCUT2D eigenvalue weighted by molar-refractivity contribution is -0.115. The molecule has 146 valence electrons. The number of hydrogen-bond donors (Lipinski definition) is 1. The zero-order chi connectivity index (χ0) is 20.4. The summed E-state index contributed by atoms with van der Waals surface area (Å²) < 4.78 is 7.25. The molecule has 0 aliphatic carbocycles. The second-order valence-corrected chi connectivity index (χ2v) is 7.80. The summed E-state index contributed by atoms with van der Waals surface area (Å²) >= 11 is 1.35. The van der Waals surface area contributed by atoms with Crippen LogP contribution in [0.15, 0.2) is 70.7 Å². The highest BCUT2D eigenvalue weighted by atomic mass is 32.2. The van der Waals surface area contributed by atoms with Gasteiger partial charge in [0.1, 0.15) is 5.75 Å². The maximum absolute atomic E-state index is 12.5. The molecule has 0 spiro atoms. The maximum atomic E-state index is 12.5. The first-order chi connectivity index (χ1) is 14.0. The van der Waals surface area contributed by atoms with Gasteiger partial charge in [-0.2, -0.15) is 0 Å². The van der Waals surface area contributed by atoms with E-state index in [0.717, 1.165) is 28.4 Å². The van der Waals surface area contributed by atoms with Crippen molar-refractivity contribution in [3.8, 4) is 11.4 Å². The molecule has 0 radical (unpaired) electrons. The minimum atomic E-state index is -0.138. The van der Waals surface area contributed by atoms with Crippen LogP contribution in [0.3, 0.4) is 0 Å². The van der Waals surface area contributed by atoms with Gasteiger partial charge >= 0.3 is 0 Å². The largest absolute Gasteiger partial charge is 0.497 e. The average molecular weight is 404 g/mol. The third-order valence-corrected chi connectivity index (χ3v) is 5.54. The molecular formula is C23H21N3O2S. The van der Waals surface area contributed by atoms with Gasteiger partial charge < -0.3 is 14.6 Å². The van der Waals surface area contributed by atoms with E-state index >= 15 is 0 Å². The second kappa shape index (κ2) is 8.01. The van der Waals surface area contributed by atoms with Crippen LogP contribution >= 0.6 is 11.8 Å². The molecular weight excluding hydrogens is 382 g/mol. The van der Waals surface area contributed by atoms with Gasteiger partial charge in [0.05, 0.1) is 17.7 Å². The monoisotopic (exact) mass is 403 g/mol. The molecule has 1 aromatic heterocycles. The Hall–Kier alpha value is -3.25. The van der Waals surface area contributed by atoms with Crippen LogP contribution in [-0.2, 0) is 4.79 Å². The quantitative estimate of drug-likeness (QED) is 0.624. The van der Waals surface area contributed by atoms with E-state index in [4.69, 9.17) is 4.74 Å². The minimum absolute atomic E-state index is 0.138. The Morgan fingerprint density at radius 2 is 1.90 bits per heavy atom. The third-order valence-electron chi connectivity index (χ3n) is 4.64. The highest BCUT2D eigenvalue weighted by molar-refractivity contribution is 8.18. The highest BCUT2D eigenvalue weighted by Crippen LogP contribution is 2.30. The predicted octanol–water partition coefficient (Wildman–Crippen LogP) is 4.99. The Morgan fingerprint density at radius 3 is 2.62 bits per heavy atom. The first-order valence-corrected chi connectivity index (χ1v) is 10.0. The van der Waals surface area contributed by atoms with Gasteiger partial charge in [-0.25, -0.2) is 4.99 Å². The summed E-state index contributed by atoms with van der Waals surface area (Å²) in [4.78, 5) is 17.7. The number of rotatable bonds is 4. The number of methoxy groups -OCH3 is 1. The fraction of sp³-hybridized carbons (Fsp3) is 0.130. The van der Waals surface area contributed by atoms with Crippen LogP contribution in [-0.4, -0.2) is 22.8 Å². The summed E-state index contributed by atoms with van der Waals surface area (Å²) in [5.74, 6) is 0.666. The molecule has 1 N–H and O–H groups in total. The molecule has 1 aliphatic heterocycles. The van der Waals surface area contributed by atoms with Crippen molar-refractivity contribution in [3.63, 3.8) is 0 Å². The number of thioether (sulfide) groups is 1. The van der Waals surface area contributed by atoms with Crippen molar-refractivity contribution in [1.29, 1.82) is 0 Å². The summed E-state index contributed by atoms with van der Waals surface area (Å²) in [5, 5.41) is 3.45.